The Balaban J connectivity index is 1.28. The van der Waals surface area contributed by atoms with Crippen LogP contribution in [-0.2, 0) is 4.74 Å². The van der Waals surface area contributed by atoms with Gasteiger partial charge < -0.3 is 36.2 Å². The second kappa shape index (κ2) is 10.9. The van der Waals surface area contributed by atoms with Crippen LogP contribution >= 0.6 is 22.7 Å². The smallest absolute Gasteiger partial charge is 0.254 e. The third-order valence-electron chi connectivity index (χ3n) is 7.01. The van der Waals surface area contributed by atoms with E-state index in [0.717, 1.165) is 24.8 Å². The lowest BCUT2D eigenvalue weighted by Gasteiger charge is -2.27. The molecule has 204 valence electrons. The van der Waals surface area contributed by atoms with E-state index >= 15 is 0 Å². The summed E-state index contributed by atoms with van der Waals surface area (Å²) in [4.78, 5) is 40.4. The van der Waals surface area contributed by atoms with Crippen LogP contribution in [0.25, 0.3) is 20.9 Å². The van der Waals surface area contributed by atoms with Crippen LogP contribution in [0, 0.1) is 0 Å². The van der Waals surface area contributed by atoms with Crippen LogP contribution in [0.3, 0.4) is 0 Å². The Bertz CT molecular complexity index is 1560. The lowest BCUT2D eigenvalue weighted by Crippen LogP contribution is -2.68. The number of nitrogens with zero attached hydrogens (tertiary/aromatic N) is 4. The Morgan fingerprint density at radius 2 is 2.00 bits per heavy atom. The van der Waals surface area contributed by atoms with Crippen molar-refractivity contribution < 1.29 is 19.7 Å². The highest BCUT2D eigenvalue weighted by atomic mass is 32.1. The number of primary amides is 1. The van der Waals surface area contributed by atoms with Crippen molar-refractivity contribution in [2.45, 2.75) is 37.8 Å². The van der Waals surface area contributed by atoms with Gasteiger partial charge in [0.05, 0.1) is 31.0 Å². The zero-order valence-corrected chi connectivity index (χ0v) is 22.8. The highest BCUT2D eigenvalue weighted by molar-refractivity contribution is 7.20. The maximum absolute atomic E-state index is 12.8. The molecule has 12 nitrogen and oxygen atoms in total. The molecule has 0 aromatic carbocycles. The van der Waals surface area contributed by atoms with Crippen LogP contribution in [-0.4, -0.2) is 59.2 Å². The second-order valence-corrected chi connectivity index (χ2v) is 11.5. The molecule has 4 aromatic rings. The molecule has 0 radical (unpaired) electrons. The highest BCUT2D eigenvalue weighted by Crippen LogP contribution is 2.38. The van der Waals surface area contributed by atoms with Gasteiger partial charge in [0.1, 0.15) is 32.1 Å². The van der Waals surface area contributed by atoms with Gasteiger partial charge in [-0.1, -0.05) is 17.8 Å². The first-order valence-electron chi connectivity index (χ1n) is 12.8. The van der Waals surface area contributed by atoms with Gasteiger partial charge in [-0.15, -0.1) is 11.3 Å². The minimum Gasteiger partial charge on any atom is -0.439 e. The van der Waals surface area contributed by atoms with Gasteiger partial charge in [-0.25, -0.2) is 9.97 Å². The number of nitrogens with two attached hydrogens (primary N) is 1. The molecule has 1 saturated heterocycles. The first kappa shape index (κ1) is 25.7. The van der Waals surface area contributed by atoms with Crippen LogP contribution in [0.2, 0.25) is 0 Å². The van der Waals surface area contributed by atoms with Crippen molar-refractivity contribution in [2.24, 2.45) is 5.73 Å². The normalized spacial score (nSPS) is 19.8. The second-order valence-electron chi connectivity index (χ2n) is 9.63. The molecule has 1 aliphatic heterocycles. The van der Waals surface area contributed by atoms with Crippen LogP contribution in [0.5, 0.6) is 0 Å². The predicted molar refractivity (Wildman–Crippen MR) is 151 cm³/mol. The third kappa shape index (κ3) is 5.32. The summed E-state index contributed by atoms with van der Waals surface area (Å²) in [6.45, 7) is 2.49. The number of nitrogens with one attached hydrogen (secondary N) is 2. The zero-order chi connectivity index (χ0) is 26.9. The molecular weight excluding hydrogens is 540 g/mol. The lowest BCUT2D eigenvalue weighted by molar-refractivity contribution is -0.427. The van der Waals surface area contributed by atoms with Gasteiger partial charge in [0.25, 0.3) is 5.91 Å². The number of thiazole rings is 1. The fourth-order valence-corrected chi connectivity index (χ4v) is 6.67. The van der Waals surface area contributed by atoms with Gasteiger partial charge in [0.15, 0.2) is 11.5 Å². The molecule has 1 amide bonds. The number of rotatable bonds is 7. The molecule has 0 spiro atoms. The number of hydrogen-bond donors (Lipinski definition) is 4. The number of amides is 1. The number of anilines is 4. The molecule has 14 heteroatoms. The molecule has 0 bridgehead atoms. The summed E-state index contributed by atoms with van der Waals surface area (Å²) in [7, 11) is 0. The Kier molecular flexibility index (Phi) is 7.16. The van der Waals surface area contributed by atoms with Gasteiger partial charge in [-0.3, -0.25) is 9.59 Å². The zero-order valence-electron chi connectivity index (χ0n) is 21.1. The SMILES string of the molecule is NC(=O)c1cnc(N[C@H]2CCCC[C@H]2[NH3+])nc1Nc1cnc(-c2csc3c(=O)cc(N4CCOCC4)oc23)s1. The molecule has 2 aliphatic rings. The van der Waals surface area contributed by atoms with Crippen molar-refractivity contribution in [3.05, 3.63) is 39.6 Å². The Hall–Kier alpha value is -3.59. The summed E-state index contributed by atoms with van der Waals surface area (Å²) < 4.78 is 12.2. The molecule has 1 aliphatic carbocycles. The number of fused-ring (bicyclic) bond motifs is 1. The molecule has 2 fully saturated rings. The monoisotopic (exact) mass is 569 g/mol. The molecule has 0 unspecified atom stereocenters. The quantitative estimate of drug-likeness (QED) is 0.258. The number of ether oxygens (including phenoxy) is 1. The Morgan fingerprint density at radius 3 is 2.79 bits per heavy atom. The van der Waals surface area contributed by atoms with Crippen LogP contribution in [0.1, 0.15) is 36.0 Å². The summed E-state index contributed by atoms with van der Waals surface area (Å²) in [6.07, 6.45) is 7.43. The number of thiophene rings is 1. The van der Waals surface area contributed by atoms with Crippen molar-refractivity contribution >= 4 is 61.5 Å². The fourth-order valence-electron chi connectivity index (χ4n) is 4.88. The van der Waals surface area contributed by atoms with E-state index in [-0.39, 0.29) is 23.1 Å². The summed E-state index contributed by atoms with van der Waals surface area (Å²) in [5, 5.41) is 9.75. The van der Waals surface area contributed by atoms with E-state index in [9.17, 15) is 9.59 Å². The minimum atomic E-state index is -0.636. The maximum Gasteiger partial charge on any atom is 0.254 e. The van der Waals surface area contributed by atoms with E-state index in [4.69, 9.17) is 14.9 Å². The summed E-state index contributed by atoms with van der Waals surface area (Å²) in [5.41, 5.74) is 11.2. The topological polar surface area (TPSA) is 176 Å². The first-order valence-corrected chi connectivity index (χ1v) is 14.5. The molecule has 6 rings (SSSR count). The summed E-state index contributed by atoms with van der Waals surface area (Å²) in [5.74, 6) is 0.597. The minimum absolute atomic E-state index is 0.0847. The number of hydrogen-bond acceptors (Lipinski definition) is 12. The Morgan fingerprint density at radius 1 is 1.18 bits per heavy atom. The average molecular weight is 570 g/mol. The van der Waals surface area contributed by atoms with E-state index in [1.54, 1.807) is 12.3 Å². The van der Waals surface area contributed by atoms with Crippen molar-refractivity contribution in [3.63, 3.8) is 0 Å². The summed E-state index contributed by atoms with van der Waals surface area (Å²) in [6, 6.07) is 1.98. The van der Waals surface area contributed by atoms with Crippen LogP contribution in [0.4, 0.5) is 22.7 Å². The van der Waals surface area contributed by atoms with Gasteiger partial charge in [-0.05, 0) is 12.8 Å². The predicted octanol–water partition coefficient (Wildman–Crippen LogP) is 2.41. The largest absolute Gasteiger partial charge is 0.439 e. The van der Waals surface area contributed by atoms with Gasteiger partial charge >= 0.3 is 0 Å². The first-order chi connectivity index (χ1) is 19.0. The number of aromatic nitrogens is 3. The van der Waals surface area contributed by atoms with Crippen molar-refractivity contribution in [1.29, 1.82) is 0 Å². The molecular formula is C25H29N8O4S2+. The van der Waals surface area contributed by atoms with Crippen molar-refractivity contribution in [3.8, 4) is 10.6 Å². The standard InChI is InChI=1S/C25H28N8O4S2/c26-15-3-1-2-4-16(15)30-25-29-10-13(22(27)35)23(32-25)31-18-11-28-24(39-18)14-12-38-21-17(34)9-19(37-20(14)21)33-5-7-36-8-6-33/h9-12,15-16H,1-8,26H2,(H2,27,35)(H2,29,30,31,32)/p+1/t15-,16+/m1/s1. The summed E-state index contributed by atoms with van der Waals surface area (Å²) >= 11 is 2.69. The molecule has 39 heavy (non-hydrogen) atoms. The average Bonchev–Trinajstić information content (AvgIpc) is 3.58. The highest BCUT2D eigenvalue weighted by Gasteiger charge is 2.26. The number of quaternary nitrogens is 1. The van der Waals surface area contributed by atoms with Gasteiger partial charge in [0.2, 0.25) is 11.4 Å². The van der Waals surface area contributed by atoms with E-state index in [1.807, 2.05) is 10.3 Å². The fraction of sp³-hybridized carbons (Fsp3) is 0.400. The molecule has 4 aromatic heterocycles. The van der Waals surface area contributed by atoms with Crippen LogP contribution < -0.4 is 32.4 Å². The van der Waals surface area contributed by atoms with Crippen molar-refractivity contribution in [2.75, 3.05) is 41.8 Å². The van der Waals surface area contributed by atoms with E-state index in [2.05, 4.69) is 31.3 Å². The van der Waals surface area contributed by atoms with E-state index in [1.165, 1.54) is 35.3 Å². The molecule has 7 N–H and O–H groups in total. The number of carbonyl (C=O) groups excluding carboxylic acids is 1. The van der Waals surface area contributed by atoms with Crippen molar-refractivity contribution in [1.82, 2.24) is 15.0 Å². The lowest BCUT2D eigenvalue weighted by atomic mass is 9.91. The Labute approximate surface area is 231 Å². The van der Waals surface area contributed by atoms with E-state index in [0.29, 0.717) is 64.2 Å². The van der Waals surface area contributed by atoms with Gasteiger partial charge in [0, 0.05) is 37.2 Å². The molecule has 1 saturated carbocycles. The van der Waals surface area contributed by atoms with Gasteiger partial charge in [-0.2, -0.15) is 4.98 Å². The number of carbonyl (C=O) groups is 1. The number of morpholine rings is 1. The third-order valence-corrected chi connectivity index (χ3v) is 8.93. The van der Waals surface area contributed by atoms with Crippen LogP contribution in [0.15, 0.2) is 33.1 Å². The molecule has 5 heterocycles. The van der Waals surface area contributed by atoms with E-state index < -0.39 is 5.91 Å². The molecule has 2 atom stereocenters. The maximum atomic E-state index is 12.8.